The minimum Gasteiger partial charge on any atom is -0.463 e. The van der Waals surface area contributed by atoms with E-state index >= 15 is 0 Å². The van der Waals surface area contributed by atoms with Gasteiger partial charge >= 0.3 is 0 Å². The van der Waals surface area contributed by atoms with Crippen LogP contribution in [0.3, 0.4) is 0 Å². The first-order valence-electron chi connectivity index (χ1n) is 6.22. The van der Waals surface area contributed by atoms with Gasteiger partial charge in [0.05, 0.1) is 18.7 Å². The van der Waals surface area contributed by atoms with Crippen LogP contribution < -0.4 is 5.73 Å². The van der Waals surface area contributed by atoms with Crippen LogP contribution in [-0.2, 0) is 0 Å². The van der Waals surface area contributed by atoms with Crippen molar-refractivity contribution in [2.75, 3.05) is 5.73 Å². The number of hydrogen-bond donors (Lipinski definition) is 1. The van der Waals surface area contributed by atoms with E-state index in [-0.39, 0.29) is 16.9 Å². The first kappa shape index (κ1) is 13.3. The quantitative estimate of drug-likeness (QED) is 0.744. The molecule has 0 aromatic carbocycles. The van der Waals surface area contributed by atoms with E-state index < -0.39 is 0 Å². The van der Waals surface area contributed by atoms with Crippen molar-refractivity contribution in [2.45, 2.75) is 0 Å². The summed E-state index contributed by atoms with van der Waals surface area (Å²) in [4.78, 5) is 0. The number of anilines is 1. The van der Waals surface area contributed by atoms with Crippen molar-refractivity contribution in [2.24, 2.45) is 5.10 Å². The van der Waals surface area contributed by atoms with E-state index in [1.807, 2.05) is 12.1 Å². The van der Waals surface area contributed by atoms with E-state index in [0.717, 1.165) is 0 Å². The maximum atomic E-state index is 9.34. The van der Waals surface area contributed by atoms with E-state index in [4.69, 9.17) is 14.6 Å². The largest absolute Gasteiger partial charge is 0.463 e. The Bertz CT molecular complexity index is 903. The maximum Gasteiger partial charge on any atom is 0.153 e. The van der Waals surface area contributed by atoms with Gasteiger partial charge in [-0.3, -0.25) is 0 Å². The summed E-state index contributed by atoms with van der Waals surface area (Å²) in [7, 11) is 0. The van der Waals surface area contributed by atoms with Gasteiger partial charge in [0.25, 0.3) is 0 Å². The van der Waals surface area contributed by atoms with Crippen molar-refractivity contribution in [3.05, 3.63) is 53.7 Å². The summed E-state index contributed by atoms with van der Waals surface area (Å²) in [5, 5.41) is 22.8. The highest BCUT2D eigenvalue weighted by atomic mass is 16.3. The van der Waals surface area contributed by atoms with Gasteiger partial charge in [-0.25, -0.2) is 4.68 Å². The number of nitrogen functional groups attached to an aromatic ring is 1. The molecule has 2 N–H and O–H groups in total. The Morgan fingerprint density at radius 3 is 2.41 bits per heavy atom. The number of nitriles is 2. The predicted molar refractivity (Wildman–Crippen MR) is 77.7 cm³/mol. The molecule has 3 heterocycles. The Morgan fingerprint density at radius 1 is 1.09 bits per heavy atom. The van der Waals surface area contributed by atoms with E-state index in [9.17, 15) is 10.5 Å². The Labute approximate surface area is 125 Å². The summed E-state index contributed by atoms with van der Waals surface area (Å²) in [6, 6.07) is 10.7. The average molecular weight is 291 g/mol. The third-order valence-corrected chi connectivity index (χ3v) is 3.00. The molecule has 0 aliphatic rings. The zero-order valence-corrected chi connectivity index (χ0v) is 11.2. The number of furan rings is 2. The fourth-order valence-electron chi connectivity index (χ4n) is 2.04. The molecule has 3 rings (SSSR count). The second-order valence-electron chi connectivity index (χ2n) is 4.26. The topological polar surface area (TPSA) is 117 Å². The number of nitrogens with two attached hydrogens (primary N) is 1. The lowest BCUT2D eigenvalue weighted by Gasteiger charge is -2.02. The van der Waals surface area contributed by atoms with Gasteiger partial charge in [0.15, 0.2) is 5.76 Å². The van der Waals surface area contributed by atoms with Gasteiger partial charge in [0.2, 0.25) is 0 Å². The molecular formula is C15H9N5O2. The van der Waals surface area contributed by atoms with Crippen molar-refractivity contribution < 1.29 is 8.83 Å². The standard InChI is InChI=1S/C15H9N5O2/c16-7-11-12(8-17)15(18)20(14(11)13-4-2-6-22-13)19-9-10-3-1-5-21-10/h1-6,9H,18H2. The van der Waals surface area contributed by atoms with Crippen molar-refractivity contribution in [1.82, 2.24) is 4.68 Å². The van der Waals surface area contributed by atoms with Crippen LogP contribution in [0.5, 0.6) is 0 Å². The second kappa shape index (κ2) is 5.35. The molecule has 0 aliphatic heterocycles. The molecular weight excluding hydrogens is 282 g/mol. The van der Waals surface area contributed by atoms with Crippen molar-refractivity contribution in [1.29, 1.82) is 10.5 Å². The highest BCUT2D eigenvalue weighted by molar-refractivity contribution is 5.79. The minimum atomic E-state index is 0.0606. The van der Waals surface area contributed by atoms with Gasteiger partial charge in [-0.1, -0.05) is 0 Å². The summed E-state index contributed by atoms with van der Waals surface area (Å²) in [5.74, 6) is 0.963. The average Bonchev–Trinajstić information content (AvgIpc) is 3.25. The summed E-state index contributed by atoms with van der Waals surface area (Å²) < 4.78 is 11.8. The van der Waals surface area contributed by atoms with Gasteiger partial charge in [-0.2, -0.15) is 15.6 Å². The molecule has 0 spiro atoms. The summed E-state index contributed by atoms with van der Waals surface area (Å²) >= 11 is 0. The molecule has 22 heavy (non-hydrogen) atoms. The third-order valence-electron chi connectivity index (χ3n) is 3.00. The molecule has 0 radical (unpaired) electrons. The summed E-state index contributed by atoms with van der Waals surface area (Å²) in [6.45, 7) is 0. The SMILES string of the molecule is N#Cc1c(C#N)c(-c2ccco2)n(N=Cc2ccco2)c1N. The molecule has 0 saturated heterocycles. The molecule has 0 atom stereocenters. The second-order valence-corrected chi connectivity index (χ2v) is 4.26. The van der Waals surface area contributed by atoms with Gasteiger partial charge in [-0.15, -0.1) is 0 Å². The number of nitrogens with zero attached hydrogens (tertiary/aromatic N) is 4. The third kappa shape index (κ3) is 2.03. The Kier molecular flexibility index (Phi) is 3.23. The molecule has 0 aliphatic carbocycles. The Balaban J connectivity index is 2.23. The van der Waals surface area contributed by atoms with Crippen LogP contribution in [0.15, 0.2) is 50.7 Å². The first-order chi connectivity index (χ1) is 10.8. The van der Waals surface area contributed by atoms with Crippen LogP contribution in [0.25, 0.3) is 11.5 Å². The van der Waals surface area contributed by atoms with Crippen LogP contribution in [0.4, 0.5) is 5.82 Å². The lowest BCUT2D eigenvalue weighted by atomic mass is 10.1. The van der Waals surface area contributed by atoms with Crippen LogP contribution in [0, 0.1) is 22.7 Å². The normalized spacial score (nSPS) is 10.6. The molecule has 7 heteroatoms. The van der Waals surface area contributed by atoms with Crippen LogP contribution >= 0.6 is 0 Å². The van der Waals surface area contributed by atoms with Crippen molar-refractivity contribution in [3.8, 4) is 23.6 Å². The highest BCUT2D eigenvalue weighted by Crippen LogP contribution is 2.32. The molecule has 0 unspecified atom stereocenters. The van der Waals surface area contributed by atoms with Gasteiger partial charge in [0.1, 0.15) is 40.5 Å². The van der Waals surface area contributed by atoms with Crippen molar-refractivity contribution >= 4 is 12.0 Å². The maximum absolute atomic E-state index is 9.34. The first-order valence-corrected chi connectivity index (χ1v) is 6.22. The number of hydrogen-bond acceptors (Lipinski definition) is 6. The zero-order valence-electron chi connectivity index (χ0n) is 11.2. The lowest BCUT2D eigenvalue weighted by Crippen LogP contribution is -1.99. The molecule has 106 valence electrons. The number of rotatable bonds is 3. The predicted octanol–water partition coefficient (Wildman–Crippen LogP) is 2.55. The van der Waals surface area contributed by atoms with E-state index in [0.29, 0.717) is 17.2 Å². The molecule has 0 fully saturated rings. The fourth-order valence-corrected chi connectivity index (χ4v) is 2.04. The summed E-state index contributed by atoms with van der Waals surface area (Å²) in [6.07, 6.45) is 4.41. The Hall–Kier alpha value is -3.71. The molecule has 0 amide bonds. The van der Waals surface area contributed by atoms with E-state index in [2.05, 4.69) is 5.10 Å². The van der Waals surface area contributed by atoms with Gasteiger partial charge < -0.3 is 14.6 Å². The highest BCUT2D eigenvalue weighted by Gasteiger charge is 2.24. The summed E-state index contributed by atoms with van der Waals surface area (Å²) in [5.41, 5.74) is 6.44. The number of aromatic nitrogens is 1. The smallest absolute Gasteiger partial charge is 0.153 e. The lowest BCUT2D eigenvalue weighted by molar-refractivity contribution is 0.559. The Morgan fingerprint density at radius 2 is 1.82 bits per heavy atom. The minimum absolute atomic E-state index is 0.0606. The molecule has 7 nitrogen and oxygen atoms in total. The molecule has 0 saturated carbocycles. The van der Waals surface area contributed by atoms with Crippen molar-refractivity contribution in [3.63, 3.8) is 0 Å². The van der Waals surface area contributed by atoms with E-state index in [1.165, 1.54) is 23.4 Å². The van der Waals surface area contributed by atoms with Crippen LogP contribution in [0.1, 0.15) is 16.9 Å². The monoisotopic (exact) mass is 291 g/mol. The van der Waals surface area contributed by atoms with Crippen LogP contribution in [-0.4, -0.2) is 10.9 Å². The zero-order chi connectivity index (χ0) is 15.5. The fraction of sp³-hybridized carbons (Fsp3) is 0. The van der Waals surface area contributed by atoms with Gasteiger partial charge in [-0.05, 0) is 24.3 Å². The van der Waals surface area contributed by atoms with Gasteiger partial charge in [0, 0.05) is 0 Å². The molecule has 3 aromatic rings. The van der Waals surface area contributed by atoms with E-state index in [1.54, 1.807) is 24.3 Å². The molecule has 0 bridgehead atoms. The molecule has 3 aromatic heterocycles. The van der Waals surface area contributed by atoms with Crippen LogP contribution in [0.2, 0.25) is 0 Å².